The van der Waals surface area contributed by atoms with Crippen molar-refractivity contribution in [3.05, 3.63) is 11.6 Å². The molecular formula is C32H54O2. The summed E-state index contributed by atoms with van der Waals surface area (Å²) >= 11 is 0. The van der Waals surface area contributed by atoms with Crippen molar-refractivity contribution in [2.75, 3.05) is 14.2 Å². The molecule has 0 N–H and O–H groups in total. The number of fused-ring (bicyclic) bond motifs is 6. The van der Waals surface area contributed by atoms with Crippen molar-refractivity contribution in [1.29, 1.82) is 0 Å². The van der Waals surface area contributed by atoms with E-state index in [1.807, 2.05) is 19.8 Å². The van der Waals surface area contributed by atoms with Gasteiger partial charge < -0.3 is 9.47 Å². The quantitative estimate of drug-likeness (QED) is 0.377. The average molecular weight is 471 g/mol. The van der Waals surface area contributed by atoms with Crippen LogP contribution in [0.4, 0.5) is 0 Å². The molecule has 0 unspecified atom stereocenters. The Morgan fingerprint density at radius 3 is 1.85 bits per heavy atom. The van der Waals surface area contributed by atoms with Gasteiger partial charge in [-0.3, -0.25) is 0 Å². The van der Waals surface area contributed by atoms with Gasteiger partial charge in [-0.15, -0.1) is 0 Å². The fourth-order valence-electron chi connectivity index (χ4n) is 11.8. The highest BCUT2D eigenvalue weighted by molar-refractivity contribution is 5.25. The second-order valence-electron chi connectivity index (χ2n) is 15.4. The molecule has 0 radical (unpaired) electrons. The predicted octanol–water partition coefficient (Wildman–Crippen LogP) is 8.45. The summed E-state index contributed by atoms with van der Waals surface area (Å²) < 4.78 is 12.1. The molecule has 0 spiro atoms. The minimum absolute atomic E-state index is 0.256. The lowest BCUT2D eigenvalue weighted by molar-refractivity contribution is -0.178. The summed E-state index contributed by atoms with van der Waals surface area (Å²) in [7, 11) is 3.88. The standard InChI is InChI=1S/C32H54O2/c1-28(2)23-12-10-21-20-30(5)17-14-24-29(3,4)27(34-9)16-19-32(24,7)25(30)13-11-22(21)31(23,6)18-15-26(28)33-8/h10,22-27H,11-20H2,1-9H3/t22-,23-,24-,25-,26+,27+,30-,31+,32-/m0/s1. The molecule has 5 rings (SSSR count). The molecule has 5 aliphatic rings. The largest absolute Gasteiger partial charge is 0.381 e. The lowest BCUT2D eigenvalue weighted by Crippen LogP contribution is -2.58. The van der Waals surface area contributed by atoms with Crippen LogP contribution in [0.25, 0.3) is 0 Å². The molecule has 4 saturated carbocycles. The molecule has 0 amide bonds. The molecule has 0 aliphatic heterocycles. The third-order valence-corrected chi connectivity index (χ3v) is 13.4. The maximum atomic E-state index is 6.05. The van der Waals surface area contributed by atoms with E-state index in [1.165, 1.54) is 64.2 Å². The van der Waals surface area contributed by atoms with Gasteiger partial charge in [-0.05, 0) is 115 Å². The highest BCUT2D eigenvalue weighted by atomic mass is 16.5. The predicted molar refractivity (Wildman–Crippen MR) is 142 cm³/mol. The Hall–Kier alpha value is -0.340. The van der Waals surface area contributed by atoms with E-state index >= 15 is 0 Å². The normalized spacial score (nSPS) is 51.7. The van der Waals surface area contributed by atoms with Crippen LogP contribution in [0.3, 0.4) is 0 Å². The molecule has 34 heavy (non-hydrogen) atoms. The first-order chi connectivity index (χ1) is 15.8. The molecule has 0 aromatic heterocycles. The van der Waals surface area contributed by atoms with Crippen molar-refractivity contribution >= 4 is 0 Å². The van der Waals surface area contributed by atoms with Crippen molar-refractivity contribution in [3.63, 3.8) is 0 Å². The maximum Gasteiger partial charge on any atom is 0.0625 e. The van der Waals surface area contributed by atoms with Crippen LogP contribution in [0.15, 0.2) is 11.6 Å². The van der Waals surface area contributed by atoms with E-state index in [0.717, 1.165) is 23.7 Å². The van der Waals surface area contributed by atoms with Crippen LogP contribution in [-0.2, 0) is 9.47 Å². The van der Waals surface area contributed by atoms with Crippen LogP contribution in [-0.4, -0.2) is 26.4 Å². The Labute approximate surface area is 211 Å². The molecule has 2 heteroatoms. The zero-order chi connectivity index (χ0) is 24.7. The summed E-state index contributed by atoms with van der Waals surface area (Å²) in [5.74, 6) is 3.13. The fraction of sp³-hybridized carbons (Fsp3) is 0.938. The zero-order valence-corrected chi connectivity index (χ0v) is 23.9. The van der Waals surface area contributed by atoms with E-state index in [4.69, 9.17) is 9.47 Å². The Kier molecular flexibility index (Phi) is 6.01. The second-order valence-corrected chi connectivity index (χ2v) is 15.4. The minimum atomic E-state index is 0.256. The molecule has 9 atom stereocenters. The van der Waals surface area contributed by atoms with Crippen LogP contribution in [0.2, 0.25) is 0 Å². The van der Waals surface area contributed by atoms with Crippen LogP contribution in [0, 0.1) is 50.7 Å². The molecule has 0 heterocycles. The van der Waals surface area contributed by atoms with Gasteiger partial charge in [-0.25, -0.2) is 0 Å². The lowest BCUT2D eigenvalue weighted by atomic mass is 9.42. The molecule has 0 bridgehead atoms. The Morgan fingerprint density at radius 1 is 0.647 bits per heavy atom. The third kappa shape index (κ3) is 3.32. The summed E-state index contributed by atoms with van der Waals surface area (Å²) in [5, 5.41) is 0. The maximum absolute atomic E-state index is 6.05. The van der Waals surface area contributed by atoms with Crippen molar-refractivity contribution in [1.82, 2.24) is 0 Å². The summed E-state index contributed by atoms with van der Waals surface area (Å²) in [6.45, 7) is 18.1. The average Bonchev–Trinajstić information content (AvgIpc) is 2.90. The first-order valence-corrected chi connectivity index (χ1v) is 14.6. The number of hydrogen-bond acceptors (Lipinski definition) is 2. The van der Waals surface area contributed by atoms with Gasteiger partial charge in [0, 0.05) is 14.2 Å². The molecule has 0 saturated heterocycles. The summed E-state index contributed by atoms with van der Waals surface area (Å²) in [5.41, 5.74) is 3.73. The molecule has 0 aromatic carbocycles. The smallest absolute Gasteiger partial charge is 0.0625 e. The molecule has 4 fully saturated rings. The van der Waals surface area contributed by atoms with E-state index in [9.17, 15) is 0 Å². The van der Waals surface area contributed by atoms with Crippen LogP contribution < -0.4 is 0 Å². The molecule has 194 valence electrons. The zero-order valence-electron chi connectivity index (χ0n) is 23.9. The topological polar surface area (TPSA) is 18.5 Å². The molecule has 5 aliphatic carbocycles. The molecule has 0 aromatic rings. The van der Waals surface area contributed by atoms with Gasteiger partial charge in [0.1, 0.15) is 0 Å². The first kappa shape index (κ1) is 25.3. The number of methoxy groups -OCH3 is 2. The molecular weight excluding hydrogens is 416 g/mol. The van der Waals surface area contributed by atoms with Gasteiger partial charge in [0.05, 0.1) is 12.2 Å². The monoisotopic (exact) mass is 470 g/mol. The van der Waals surface area contributed by atoms with Crippen molar-refractivity contribution in [3.8, 4) is 0 Å². The van der Waals surface area contributed by atoms with E-state index in [2.05, 4.69) is 54.5 Å². The first-order valence-electron chi connectivity index (χ1n) is 14.6. The van der Waals surface area contributed by atoms with Gasteiger partial charge >= 0.3 is 0 Å². The fourth-order valence-corrected chi connectivity index (χ4v) is 11.8. The van der Waals surface area contributed by atoms with E-state index in [1.54, 1.807) is 0 Å². The van der Waals surface area contributed by atoms with Gasteiger partial charge in [0.2, 0.25) is 0 Å². The minimum Gasteiger partial charge on any atom is -0.381 e. The third-order valence-electron chi connectivity index (χ3n) is 13.4. The summed E-state index contributed by atoms with van der Waals surface area (Å²) in [6, 6.07) is 0. The molecule has 2 nitrogen and oxygen atoms in total. The Bertz CT molecular complexity index is 825. The van der Waals surface area contributed by atoms with Crippen LogP contribution in [0.1, 0.15) is 113 Å². The van der Waals surface area contributed by atoms with Crippen molar-refractivity contribution in [2.24, 2.45) is 50.7 Å². The van der Waals surface area contributed by atoms with E-state index in [-0.39, 0.29) is 10.8 Å². The number of rotatable bonds is 2. The highest BCUT2D eigenvalue weighted by Crippen LogP contribution is 2.70. The Balaban J connectivity index is 1.48. The van der Waals surface area contributed by atoms with Gasteiger partial charge in [0.25, 0.3) is 0 Å². The van der Waals surface area contributed by atoms with Crippen molar-refractivity contribution < 1.29 is 9.47 Å². The van der Waals surface area contributed by atoms with E-state index in [0.29, 0.717) is 28.5 Å². The number of ether oxygens (including phenoxy) is 2. The number of allylic oxidation sites excluding steroid dienone is 2. The van der Waals surface area contributed by atoms with Gasteiger partial charge in [-0.2, -0.15) is 0 Å². The summed E-state index contributed by atoms with van der Waals surface area (Å²) in [6.07, 6.45) is 17.0. The van der Waals surface area contributed by atoms with Gasteiger partial charge in [-0.1, -0.05) is 60.1 Å². The van der Waals surface area contributed by atoms with Gasteiger partial charge in [0.15, 0.2) is 0 Å². The lowest BCUT2D eigenvalue weighted by Gasteiger charge is -2.64. The summed E-state index contributed by atoms with van der Waals surface area (Å²) in [4.78, 5) is 0. The Morgan fingerprint density at radius 2 is 1.24 bits per heavy atom. The number of hydrogen-bond donors (Lipinski definition) is 0. The van der Waals surface area contributed by atoms with E-state index < -0.39 is 0 Å². The SMILES string of the molecule is CO[C@@H]1CC[C@@]2(C)[C@@H](CC[C@@]3(C)CC4=CC[C@H]5C(C)(C)[C@H](OC)CC[C@]5(C)[C@H]4CC[C@@H]32)C1(C)C. The van der Waals surface area contributed by atoms with Crippen LogP contribution >= 0.6 is 0 Å². The van der Waals surface area contributed by atoms with Crippen LogP contribution in [0.5, 0.6) is 0 Å². The van der Waals surface area contributed by atoms with Crippen molar-refractivity contribution in [2.45, 2.75) is 125 Å². The highest BCUT2D eigenvalue weighted by Gasteiger charge is 2.63. The second kappa shape index (κ2) is 8.08.